The van der Waals surface area contributed by atoms with Gasteiger partial charge in [0.05, 0.1) is 6.04 Å². The van der Waals surface area contributed by atoms with Crippen molar-refractivity contribution in [3.05, 3.63) is 35.4 Å². The summed E-state index contributed by atoms with van der Waals surface area (Å²) in [5.41, 5.74) is 0.644. The van der Waals surface area contributed by atoms with Gasteiger partial charge in [-0.3, -0.25) is 9.59 Å². The number of carboxylic acid groups (broad SMARTS) is 1. The number of hydrogen-bond acceptors (Lipinski definition) is 4. The summed E-state index contributed by atoms with van der Waals surface area (Å²) in [6.07, 6.45) is -0.466. The maximum atomic E-state index is 11.9. The zero-order chi connectivity index (χ0) is 17.6. The van der Waals surface area contributed by atoms with E-state index in [9.17, 15) is 14.4 Å². The van der Waals surface area contributed by atoms with Gasteiger partial charge in [-0.1, -0.05) is 24.3 Å². The van der Waals surface area contributed by atoms with Crippen LogP contribution in [0.1, 0.15) is 62.5 Å². The Morgan fingerprint density at radius 1 is 1.17 bits per heavy atom. The Kier molecular flexibility index (Phi) is 6.30. The van der Waals surface area contributed by atoms with Crippen LogP contribution in [0.25, 0.3) is 0 Å². The third kappa shape index (κ3) is 6.95. The Labute approximate surface area is 135 Å². The highest BCUT2D eigenvalue weighted by molar-refractivity contribution is 5.94. The Balaban J connectivity index is 2.88. The van der Waals surface area contributed by atoms with E-state index in [0.29, 0.717) is 5.56 Å². The second-order valence-corrected chi connectivity index (χ2v) is 6.31. The van der Waals surface area contributed by atoms with E-state index in [1.54, 1.807) is 45.0 Å². The molecule has 0 spiro atoms. The minimum atomic E-state index is -0.943. The number of ketones is 1. The predicted octanol–water partition coefficient (Wildman–Crippen LogP) is 3.32. The molecule has 0 heterocycles. The normalized spacial score (nSPS) is 12.3. The molecular formula is C17H23NO5. The summed E-state index contributed by atoms with van der Waals surface area (Å²) in [4.78, 5) is 34.0. The number of carbonyl (C=O) groups excluding carboxylic acids is 2. The number of nitrogens with one attached hydrogen (secondary N) is 1. The Morgan fingerprint density at radius 3 is 2.17 bits per heavy atom. The highest BCUT2D eigenvalue weighted by Crippen LogP contribution is 2.20. The lowest BCUT2D eigenvalue weighted by Gasteiger charge is -2.23. The second kappa shape index (κ2) is 7.76. The van der Waals surface area contributed by atoms with Crippen molar-refractivity contribution >= 4 is 17.8 Å². The van der Waals surface area contributed by atoms with Crippen LogP contribution in [0.4, 0.5) is 4.79 Å². The molecule has 2 N–H and O–H groups in total. The molecule has 0 saturated carbocycles. The quantitative estimate of drug-likeness (QED) is 0.784. The minimum Gasteiger partial charge on any atom is -0.481 e. The van der Waals surface area contributed by atoms with E-state index in [2.05, 4.69) is 5.32 Å². The summed E-state index contributed by atoms with van der Waals surface area (Å²) >= 11 is 0. The van der Waals surface area contributed by atoms with Gasteiger partial charge in [0.25, 0.3) is 0 Å². The number of benzene rings is 1. The lowest BCUT2D eigenvalue weighted by Crippen LogP contribution is -2.35. The zero-order valence-electron chi connectivity index (χ0n) is 13.9. The molecule has 1 atom stereocenters. The SMILES string of the molecule is CC(=O)c1ccc(C(CCC(=O)O)NC(=O)OC(C)(C)C)cc1. The minimum absolute atomic E-state index is 0.0567. The largest absolute Gasteiger partial charge is 0.481 e. The van der Waals surface area contributed by atoms with Gasteiger partial charge in [0.2, 0.25) is 0 Å². The van der Waals surface area contributed by atoms with Crippen molar-refractivity contribution < 1.29 is 24.2 Å². The molecule has 0 bridgehead atoms. The lowest BCUT2D eigenvalue weighted by atomic mass is 10.00. The van der Waals surface area contributed by atoms with Crippen molar-refractivity contribution in [1.82, 2.24) is 5.32 Å². The number of carboxylic acids is 1. The fourth-order valence-corrected chi connectivity index (χ4v) is 1.99. The first kappa shape index (κ1) is 18.7. The molecule has 0 fully saturated rings. The fourth-order valence-electron chi connectivity index (χ4n) is 1.99. The van der Waals surface area contributed by atoms with Gasteiger partial charge in [-0.2, -0.15) is 0 Å². The molecule has 1 unspecified atom stereocenters. The average molecular weight is 321 g/mol. The van der Waals surface area contributed by atoms with E-state index >= 15 is 0 Å². The number of Topliss-reactive ketones (excluding diaryl/α,β-unsaturated/α-hetero) is 1. The molecule has 0 saturated heterocycles. The van der Waals surface area contributed by atoms with Gasteiger partial charge in [0.15, 0.2) is 5.78 Å². The smallest absolute Gasteiger partial charge is 0.408 e. The number of rotatable bonds is 6. The first-order valence-electron chi connectivity index (χ1n) is 7.40. The zero-order valence-corrected chi connectivity index (χ0v) is 13.9. The summed E-state index contributed by atoms with van der Waals surface area (Å²) in [5.74, 6) is -1.000. The maximum Gasteiger partial charge on any atom is 0.408 e. The van der Waals surface area contributed by atoms with Crippen LogP contribution in [-0.4, -0.2) is 28.6 Å². The van der Waals surface area contributed by atoms with Gasteiger partial charge in [0, 0.05) is 12.0 Å². The number of carbonyl (C=O) groups is 3. The first-order chi connectivity index (χ1) is 10.6. The molecule has 0 aliphatic carbocycles. The van der Waals surface area contributed by atoms with Crippen LogP contribution in [0.5, 0.6) is 0 Å². The molecule has 126 valence electrons. The molecular weight excluding hydrogens is 298 g/mol. The highest BCUT2D eigenvalue weighted by Gasteiger charge is 2.21. The molecule has 0 aromatic heterocycles. The molecule has 0 radical (unpaired) electrons. The third-order valence-electron chi connectivity index (χ3n) is 3.06. The monoisotopic (exact) mass is 321 g/mol. The predicted molar refractivity (Wildman–Crippen MR) is 85.4 cm³/mol. The molecule has 1 aromatic carbocycles. The standard InChI is InChI=1S/C17H23NO5/c1-11(19)12-5-7-13(8-6-12)14(9-10-15(20)21)18-16(22)23-17(2,3)4/h5-8,14H,9-10H2,1-4H3,(H,18,22)(H,20,21). The maximum absolute atomic E-state index is 11.9. The van der Waals surface area contributed by atoms with Gasteiger partial charge < -0.3 is 15.2 Å². The molecule has 6 nitrogen and oxygen atoms in total. The van der Waals surface area contributed by atoms with Crippen LogP contribution in [0.15, 0.2) is 24.3 Å². The summed E-state index contributed by atoms with van der Waals surface area (Å²) in [5, 5.41) is 11.5. The first-order valence-corrected chi connectivity index (χ1v) is 7.40. The molecule has 1 aromatic rings. The summed E-state index contributed by atoms with van der Waals surface area (Å²) in [6, 6.07) is 6.23. The van der Waals surface area contributed by atoms with Crippen LogP contribution in [0, 0.1) is 0 Å². The van der Waals surface area contributed by atoms with Gasteiger partial charge >= 0.3 is 12.1 Å². The van der Waals surface area contributed by atoms with E-state index in [1.165, 1.54) is 6.92 Å². The van der Waals surface area contributed by atoms with Crippen molar-refractivity contribution in [1.29, 1.82) is 0 Å². The van der Waals surface area contributed by atoms with E-state index in [4.69, 9.17) is 9.84 Å². The van der Waals surface area contributed by atoms with Crippen molar-refractivity contribution in [2.75, 3.05) is 0 Å². The van der Waals surface area contributed by atoms with Crippen molar-refractivity contribution in [2.45, 2.75) is 52.2 Å². The number of ether oxygens (including phenoxy) is 1. The van der Waals surface area contributed by atoms with E-state index in [1.807, 2.05) is 0 Å². The van der Waals surface area contributed by atoms with E-state index in [-0.39, 0.29) is 18.6 Å². The summed E-state index contributed by atoms with van der Waals surface area (Å²) in [7, 11) is 0. The Hall–Kier alpha value is -2.37. The second-order valence-electron chi connectivity index (χ2n) is 6.31. The Bertz CT molecular complexity index is 572. The van der Waals surface area contributed by atoms with Crippen LogP contribution >= 0.6 is 0 Å². The van der Waals surface area contributed by atoms with Crippen molar-refractivity contribution in [2.24, 2.45) is 0 Å². The van der Waals surface area contributed by atoms with Crippen LogP contribution < -0.4 is 5.32 Å². The van der Waals surface area contributed by atoms with Gasteiger partial charge in [-0.25, -0.2) is 4.79 Å². The molecule has 0 aliphatic heterocycles. The summed E-state index contributed by atoms with van der Waals surface area (Å²) in [6.45, 7) is 6.72. The number of hydrogen-bond donors (Lipinski definition) is 2. The molecule has 23 heavy (non-hydrogen) atoms. The van der Waals surface area contributed by atoms with Crippen LogP contribution in [-0.2, 0) is 9.53 Å². The molecule has 6 heteroatoms. The van der Waals surface area contributed by atoms with Crippen molar-refractivity contribution in [3.8, 4) is 0 Å². The molecule has 1 rings (SSSR count). The van der Waals surface area contributed by atoms with Gasteiger partial charge in [0.1, 0.15) is 5.60 Å². The molecule has 1 amide bonds. The average Bonchev–Trinajstić information content (AvgIpc) is 2.41. The third-order valence-corrected chi connectivity index (χ3v) is 3.06. The van der Waals surface area contributed by atoms with Crippen LogP contribution in [0.2, 0.25) is 0 Å². The lowest BCUT2D eigenvalue weighted by molar-refractivity contribution is -0.137. The highest BCUT2D eigenvalue weighted by atomic mass is 16.6. The van der Waals surface area contributed by atoms with E-state index < -0.39 is 23.7 Å². The summed E-state index contributed by atoms with van der Waals surface area (Å²) < 4.78 is 5.21. The fraction of sp³-hybridized carbons (Fsp3) is 0.471. The topological polar surface area (TPSA) is 92.7 Å². The van der Waals surface area contributed by atoms with Gasteiger partial charge in [-0.05, 0) is 39.7 Å². The molecule has 0 aliphatic rings. The number of aliphatic carboxylic acids is 1. The van der Waals surface area contributed by atoms with Crippen molar-refractivity contribution in [3.63, 3.8) is 0 Å². The number of alkyl carbamates (subject to hydrolysis) is 1. The van der Waals surface area contributed by atoms with Gasteiger partial charge in [-0.15, -0.1) is 0 Å². The Morgan fingerprint density at radius 2 is 1.74 bits per heavy atom. The van der Waals surface area contributed by atoms with Crippen LogP contribution in [0.3, 0.4) is 0 Å². The van der Waals surface area contributed by atoms with E-state index in [0.717, 1.165) is 5.56 Å². The number of amides is 1.